The molecule has 0 bridgehead atoms. The summed E-state index contributed by atoms with van der Waals surface area (Å²) >= 11 is 0. The average molecular weight is 547 g/mol. The summed E-state index contributed by atoms with van der Waals surface area (Å²) in [6.07, 6.45) is 13.6. The lowest BCUT2D eigenvalue weighted by atomic mass is 9.77. The fraction of sp³-hybridized carbons (Fsp3) is 0.462. The standard InChI is InChI=1S/C39H50N2/c1-6-26-39(5,8-3)27-25-29-17-21-31(22-18-29)40-37-33-13-9-11-15-35(33)38(36-16-12-10-14-34(36)37)41-32-23-19-30(20-24-32)28(4)7-2/h9-17,19-20,23-24,28,31,38,41H,6-8,18,21-22,25-27H2,1-5H3. The van der Waals surface area contributed by atoms with Crippen LogP contribution in [0.2, 0.25) is 0 Å². The van der Waals surface area contributed by atoms with Crippen LogP contribution in [0.25, 0.3) is 0 Å². The van der Waals surface area contributed by atoms with Crippen molar-refractivity contribution in [1.82, 2.24) is 0 Å². The molecule has 0 aromatic heterocycles. The molecule has 3 unspecified atom stereocenters. The van der Waals surface area contributed by atoms with Crippen LogP contribution < -0.4 is 5.32 Å². The summed E-state index contributed by atoms with van der Waals surface area (Å²) in [6, 6.07) is 27.3. The largest absolute Gasteiger partial charge is 0.374 e. The number of nitrogens with one attached hydrogen (secondary N) is 1. The van der Waals surface area contributed by atoms with E-state index in [4.69, 9.17) is 4.99 Å². The molecule has 5 rings (SSSR count). The third-order valence-electron chi connectivity index (χ3n) is 10.0. The summed E-state index contributed by atoms with van der Waals surface area (Å²) in [5, 5.41) is 3.88. The molecule has 216 valence electrons. The van der Waals surface area contributed by atoms with Crippen molar-refractivity contribution in [2.24, 2.45) is 10.4 Å². The highest BCUT2D eigenvalue weighted by atomic mass is 14.9. The highest BCUT2D eigenvalue weighted by Gasteiger charge is 2.30. The topological polar surface area (TPSA) is 24.4 Å². The molecule has 0 spiro atoms. The molecule has 0 saturated carbocycles. The molecule has 0 radical (unpaired) electrons. The minimum absolute atomic E-state index is 0.102. The van der Waals surface area contributed by atoms with Gasteiger partial charge in [0.25, 0.3) is 0 Å². The Kier molecular flexibility index (Phi) is 9.48. The fourth-order valence-corrected chi connectivity index (χ4v) is 6.79. The van der Waals surface area contributed by atoms with Gasteiger partial charge < -0.3 is 5.32 Å². The Bertz CT molecular complexity index is 1310. The maximum atomic E-state index is 5.49. The maximum absolute atomic E-state index is 5.49. The van der Waals surface area contributed by atoms with Gasteiger partial charge in [-0.3, -0.25) is 4.99 Å². The number of hydrogen-bond acceptors (Lipinski definition) is 2. The molecule has 0 amide bonds. The third-order valence-corrected chi connectivity index (χ3v) is 10.0. The van der Waals surface area contributed by atoms with Crippen LogP contribution in [0.3, 0.4) is 0 Å². The van der Waals surface area contributed by atoms with E-state index in [1.807, 2.05) is 0 Å². The molecule has 2 aliphatic carbocycles. The molecule has 1 N–H and O–H groups in total. The summed E-state index contributed by atoms with van der Waals surface area (Å²) in [6.45, 7) is 11.7. The normalized spacial score (nSPS) is 20.3. The highest BCUT2D eigenvalue weighted by Crippen LogP contribution is 2.39. The van der Waals surface area contributed by atoms with Gasteiger partial charge in [0, 0.05) is 16.8 Å². The van der Waals surface area contributed by atoms with Crippen LogP contribution in [0.1, 0.15) is 132 Å². The van der Waals surface area contributed by atoms with Crippen molar-refractivity contribution in [3.8, 4) is 0 Å². The van der Waals surface area contributed by atoms with Crippen LogP contribution in [0.15, 0.2) is 89.4 Å². The molecule has 0 saturated heterocycles. The molecule has 0 fully saturated rings. The molecule has 3 aromatic carbocycles. The van der Waals surface area contributed by atoms with Crippen LogP contribution in [-0.2, 0) is 0 Å². The first-order valence-corrected chi connectivity index (χ1v) is 16.3. The molecule has 0 aliphatic heterocycles. The zero-order valence-corrected chi connectivity index (χ0v) is 26.0. The summed E-state index contributed by atoms with van der Waals surface area (Å²) in [5.74, 6) is 0.585. The van der Waals surface area contributed by atoms with Crippen molar-refractivity contribution >= 4 is 11.4 Å². The second kappa shape index (κ2) is 13.2. The van der Waals surface area contributed by atoms with Gasteiger partial charge in [-0.1, -0.05) is 120 Å². The lowest BCUT2D eigenvalue weighted by molar-refractivity contribution is 0.256. The van der Waals surface area contributed by atoms with Gasteiger partial charge in [0.1, 0.15) is 0 Å². The number of hydrogen-bond donors (Lipinski definition) is 1. The number of benzene rings is 3. The van der Waals surface area contributed by atoms with Crippen LogP contribution in [-0.4, -0.2) is 11.8 Å². The fourth-order valence-electron chi connectivity index (χ4n) is 6.79. The van der Waals surface area contributed by atoms with E-state index >= 15 is 0 Å². The Morgan fingerprint density at radius 3 is 2.10 bits per heavy atom. The lowest BCUT2D eigenvalue weighted by Crippen LogP contribution is -2.26. The first-order valence-electron chi connectivity index (χ1n) is 16.3. The van der Waals surface area contributed by atoms with Crippen molar-refractivity contribution in [1.29, 1.82) is 0 Å². The zero-order valence-electron chi connectivity index (χ0n) is 26.0. The van der Waals surface area contributed by atoms with Gasteiger partial charge in [-0.15, -0.1) is 0 Å². The summed E-state index contributed by atoms with van der Waals surface area (Å²) in [4.78, 5) is 5.49. The summed E-state index contributed by atoms with van der Waals surface area (Å²) in [5.41, 5.74) is 11.1. The van der Waals surface area contributed by atoms with Crippen molar-refractivity contribution in [2.75, 3.05) is 5.32 Å². The van der Waals surface area contributed by atoms with Gasteiger partial charge in [-0.25, -0.2) is 0 Å². The quantitative estimate of drug-likeness (QED) is 0.238. The van der Waals surface area contributed by atoms with Crippen LogP contribution in [0, 0.1) is 5.41 Å². The van der Waals surface area contributed by atoms with E-state index < -0.39 is 0 Å². The molecule has 0 heterocycles. The minimum Gasteiger partial charge on any atom is -0.374 e. The van der Waals surface area contributed by atoms with E-state index in [1.165, 1.54) is 72.1 Å². The maximum Gasteiger partial charge on any atom is 0.0780 e. The second-order valence-electron chi connectivity index (χ2n) is 12.9. The molecule has 2 nitrogen and oxygen atoms in total. The SMILES string of the molecule is CCCC(C)(CC)CCC1=CCC(N=C2c3ccccc3C(Nc3ccc(C(C)CC)cc3)c3ccccc32)CC1. The Morgan fingerprint density at radius 1 is 0.878 bits per heavy atom. The van der Waals surface area contributed by atoms with Crippen molar-refractivity contribution in [3.63, 3.8) is 0 Å². The molecular weight excluding hydrogens is 496 g/mol. The summed E-state index contributed by atoms with van der Waals surface area (Å²) in [7, 11) is 0. The Hall–Kier alpha value is -3.13. The molecular formula is C39H50N2. The van der Waals surface area contributed by atoms with E-state index in [0.717, 1.165) is 24.9 Å². The number of fused-ring (bicyclic) bond motifs is 2. The smallest absolute Gasteiger partial charge is 0.0780 e. The summed E-state index contributed by atoms with van der Waals surface area (Å²) < 4.78 is 0. The first kappa shape index (κ1) is 29.4. The highest BCUT2D eigenvalue weighted by molar-refractivity contribution is 6.16. The van der Waals surface area contributed by atoms with E-state index in [1.54, 1.807) is 5.57 Å². The van der Waals surface area contributed by atoms with Gasteiger partial charge in [0.2, 0.25) is 0 Å². The van der Waals surface area contributed by atoms with Crippen molar-refractivity contribution in [3.05, 3.63) is 112 Å². The number of rotatable bonds is 11. The van der Waals surface area contributed by atoms with Gasteiger partial charge in [0.05, 0.1) is 17.8 Å². The van der Waals surface area contributed by atoms with E-state index in [9.17, 15) is 0 Å². The number of anilines is 1. The number of aliphatic imine (C=N–C) groups is 1. The second-order valence-corrected chi connectivity index (χ2v) is 12.9. The third kappa shape index (κ3) is 6.69. The Morgan fingerprint density at radius 2 is 1.54 bits per heavy atom. The van der Waals surface area contributed by atoms with Crippen LogP contribution in [0.5, 0.6) is 0 Å². The van der Waals surface area contributed by atoms with Gasteiger partial charge in [0.15, 0.2) is 0 Å². The van der Waals surface area contributed by atoms with Crippen LogP contribution >= 0.6 is 0 Å². The molecule has 2 heteroatoms. The predicted molar refractivity (Wildman–Crippen MR) is 177 cm³/mol. The van der Waals surface area contributed by atoms with Gasteiger partial charge in [-0.05, 0) is 85.1 Å². The molecule has 2 aliphatic rings. The predicted octanol–water partition coefficient (Wildman–Crippen LogP) is 11.0. The van der Waals surface area contributed by atoms with Gasteiger partial charge >= 0.3 is 0 Å². The van der Waals surface area contributed by atoms with Crippen LogP contribution in [0.4, 0.5) is 5.69 Å². The monoisotopic (exact) mass is 546 g/mol. The van der Waals surface area contributed by atoms with Crippen molar-refractivity contribution in [2.45, 2.75) is 110 Å². The molecule has 3 aromatic rings. The Labute approximate surface area is 249 Å². The molecule has 41 heavy (non-hydrogen) atoms. The lowest BCUT2D eigenvalue weighted by Gasteiger charge is -2.32. The molecule has 3 atom stereocenters. The van der Waals surface area contributed by atoms with Gasteiger partial charge in [-0.2, -0.15) is 0 Å². The van der Waals surface area contributed by atoms with E-state index in [0.29, 0.717) is 17.4 Å². The first-order chi connectivity index (χ1) is 19.9. The van der Waals surface area contributed by atoms with E-state index in [2.05, 4.69) is 119 Å². The minimum atomic E-state index is 0.102. The zero-order chi connectivity index (χ0) is 28.8. The number of nitrogens with zero attached hydrogens (tertiary/aromatic N) is 1. The van der Waals surface area contributed by atoms with E-state index in [-0.39, 0.29) is 6.04 Å². The number of allylic oxidation sites excluding steroid dienone is 1. The average Bonchev–Trinajstić information content (AvgIpc) is 3.02. The van der Waals surface area contributed by atoms with Crippen molar-refractivity contribution < 1.29 is 0 Å². The Balaban J connectivity index is 1.38.